The summed E-state index contributed by atoms with van der Waals surface area (Å²) in [6.07, 6.45) is 3.44. The van der Waals surface area contributed by atoms with Gasteiger partial charge in [-0.2, -0.15) is 4.98 Å². The molecule has 10 nitrogen and oxygen atoms in total. The molecule has 44 heavy (non-hydrogen) atoms. The fourth-order valence-corrected chi connectivity index (χ4v) is 5.79. The second-order valence-electron chi connectivity index (χ2n) is 10.8. The molecule has 0 unspecified atom stereocenters. The molecule has 0 radical (unpaired) electrons. The van der Waals surface area contributed by atoms with Crippen LogP contribution < -0.4 is 25.6 Å². The fourth-order valence-electron chi connectivity index (χ4n) is 5.79. The SMILES string of the molecule is C=CC(=O)Nc1cccc(Nc2nc(Nc3ccc(N4CCC(N5CCOCC5)CC4)cc3OC)nc3ccc(F)cc23)c1. The molecule has 1 aromatic heterocycles. The van der Waals surface area contributed by atoms with Crippen LogP contribution in [-0.4, -0.2) is 73.3 Å². The number of rotatable bonds is 9. The zero-order chi connectivity index (χ0) is 30.5. The molecule has 1 amide bonds. The molecule has 6 rings (SSSR count). The average molecular weight is 598 g/mol. The van der Waals surface area contributed by atoms with Crippen molar-refractivity contribution >= 4 is 51.3 Å². The van der Waals surface area contributed by atoms with Gasteiger partial charge in [0.15, 0.2) is 0 Å². The molecule has 228 valence electrons. The molecule has 3 aromatic carbocycles. The van der Waals surface area contributed by atoms with E-state index >= 15 is 0 Å². The number of amides is 1. The highest BCUT2D eigenvalue weighted by Crippen LogP contribution is 2.34. The minimum Gasteiger partial charge on any atom is -0.494 e. The van der Waals surface area contributed by atoms with Gasteiger partial charge in [0, 0.05) is 60.7 Å². The Balaban J connectivity index is 1.22. The maximum Gasteiger partial charge on any atom is 0.247 e. The summed E-state index contributed by atoms with van der Waals surface area (Å²) in [5.74, 6) is 0.674. The number of ether oxygens (including phenoxy) is 2. The van der Waals surface area contributed by atoms with Crippen LogP contribution in [0, 0.1) is 5.82 Å². The van der Waals surface area contributed by atoms with Gasteiger partial charge in [-0.15, -0.1) is 0 Å². The number of hydrogen-bond donors (Lipinski definition) is 3. The Bertz CT molecular complexity index is 1650. The number of carbonyl (C=O) groups excluding carboxylic acids is 1. The van der Waals surface area contributed by atoms with Gasteiger partial charge in [-0.1, -0.05) is 12.6 Å². The molecule has 0 bridgehead atoms. The van der Waals surface area contributed by atoms with Gasteiger partial charge < -0.3 is 30.3 Å². The topological polar surface area (TPSA) is 104 Å². The van der Waals surface area contributed by atoms with Gasteiger partial charge in [-0.05, 0) is 67.4 Å². The summed E-state index contributed by atoms with van der Waals surface area (Å²) in [6, 6.07) is 18.2. The van der Waals surface area contributed by atoms with E-state index in [0.29, 0.717) is 51.5 Å². The first-order chi connectivity index (χ1) is 21.5. The number of aromatic nitrogens is 2. The predicted molar refractivity (Wildman–Crippen MR) is 172 cm³/mol. The van der Waals surface area contributed by atoms with E-state index in [9.17, 15) is 9.18 Å². The lowest BCUT2D eigenvalue weighted by Crippen LogP contribution is -2.49. The number of hydrogen-bond acceptors (Lipinski definition) is 9. The second-order valence-corrected chi connectivity index (χ2v) is 10.8. The number of nitrogens with one attached hydrogen (secondary N) is 3. The van der Waals surface area contributed by atoms with Gasteiger partial charge in [0.05, 0.1) is 31.5 Å². The van der Waals surface area contributed by atoms with Crippen molar-refractivity contribution in [3.05, 3.63) is 79.1 Å². The first-order valence-corrected chi connectivity index (χ1v) is 14.8. The van der Waals surface area contributed by atoms with Crippen molar-refractivity contribution in [2.24, 2.45) is 0 Å². The van der Waals surface area contributed by atoms with Gasteiger partial charge in [0.25, 0.3) is 0 Å². The summed E-state index contributed by atoms with van der Waals surface area (Å²) in [5.41, 5.74) is 3.61. The van der Waals surface area contributed by atoms with Crippen molar-refractivity contribution in [1.82, 2.24) is 14.9 Å². The molecule has 0 saturated carbocycles. The third-order valence-corrected chi connectivity index (χ3v) is 8.06. The zero-order valence-corrected chi connectivity index (χ0v) is 24.7. The highest BCUT2D eigenvalue weighted by atomic mass is 19.1. The molecular formula is C33H36FN7O3. The van der Waals surface area contributed by atoms with Crippen LogP contribution >= 0.6 is 0 Å². The van der Waals surface area contributed by atoms with Gasteiger partial charge in [0.1, 0.15) is 17.4 Å². The Morgan fingerprint density at radius 2 is 1.80 bits per heavy atom. The van der Waals surface area contributed by atoms with E-state index in [0.717, 1.165) is 57.9 Å². The molecular weight excluding hydrogens is 561 g/mol. The van der Waals surface area contributed by atoms with Crippen molar-refractivity contribution in [3.8, 4) is 5.75 Å². The maximum atomic E-state index is 14.3. The average Bonchev–Trinajstić information content (AvgIpc) is 3.06. The molecule has 2 aliphatic heterocycles. The Morgan fingerprint density at radius 1 is 1.00 bits per heavy atom. The highest BCUT2D eigenvalue weighted by molar-refractivity contribution is 5.99. The number of piperidine rings is 1. The van der Waals surface area contributed by atoms with Gasteiger partial charge in [-0.3, -0.25) is 9.69 Å². The molecule has 2 saturated heterocycles. The third kappa shape index (κ3) is 6.74. The molecule has 2 fully saturated rings. The van der Waals surface area contributed by atoms with E-state index < -0.39 is 5.82 Å². The number of carbonyl (C=O) groups is 1. The monoisotopic (exact) mass is 597 g/mol. The molecule has 3 heterocycles. The van der Waals surface area contributed by atoms with Gasteiger partial charge in [0.2, 0.25) is 11.9 Å². The summed E-state index contributed by atoms with van der Waals surface area (Å²) >= 11 is 0. The molecule has 0 spiro atoms. The molecule has 2 aliphatic rings. The Kier molecular flexibility index (Phi) is 8.85. The van der Waals surface area contributed by atoms with Crippen molar-refractivity contribution in [2.45, 2.75) is 18.9 Å². The van der Waals surface area contributed by atoms with Crippen LogP contribution in [0.4, 0.5) is 38.9 Å². The summed E-state index contributed by atoms with van der Waals surface area (Å²) in [6.45, 7) is 9.13. The number of methoxy groups -OCH3 is 1. The predicted octanol–water partition coefficient (Wildman–Crippen LogP) is 5.69. The maximum absolute atomic E-state index is 14.3. The fraction of sp³-hybridized carbons (Fsp3) is 0.303. The molecule has 0 atom stereocenters. The first kappa shape index (κ1) is 29.3. The normalized spacial score (nSPS) is 16.0. The first-order valence-electron chi connectivity index (χ1n) is 14.8. The van der Waals surface area contributed by atoms with Crippen LogP contribution in [0.1, 0.15) is 12.8 Å². The zero-order valence-electron chi connectivity index (χ0n) is 24.7. The highest BCUT2D eigenvalue weighted by Gasteiger charge is 2.26. The van der Waals surface area contributed by atoms with E-state index in [1.54, 1.807) is 31.4 Å². The summed E-state index contributed by atoms with van der Waals surface area (Å²) in [5, 5.41) is 9.80. The van der Waals surface area contributed by atoms with Crippen LogP contribution in [0.15, 0.2) is 73.3 Å². The number of fused-ring (bicyclic) bond motifs is 1. The molecule has 4 aromatic rings. The third-order valence-electron chi connectivity index (χ3n) is 8.06. The lowest BCUT2D eigenvalue weighted by molar-refractivity contribution is -0.111. The lowest BCUT2D eigenvalue weighted by atomic mass is 10.0. The van der Waals surface area contributed by atoms with Crippen LogP contribution in [0.25, 0.3) is 10.9 Å². The number of morpholine rings is 1. The number of anilines is 6. The van der Waals surface area contributed by atoms with Crippen molar-refractivity contribution in [1.29, 1.82) is 0 Å². The van der Waals surface area contributed by atoms with Crippen LogP contribution in [0.2, 0.25) is 0 Å². The van der Waals surface area contributed by atoms with Crippen molar-refractivity contribution in [2.75, 3.05) is 67.4 Å². The minimum atomic E-state index is -0.400. The van der Waals surface area contributed by atoms with Gasteiger partial charge >= 0.3 is 0 Å². The number of halogens is 1. The Hall–Kier alpha value is -4.74. The summed E-state index contributed by atoms with van der Waals surface area (Å²) < 4.78 is 25.6. The molecule has 11 heteroatoms. The standard InChI is InChI=1S/C33H36FN7O3/c1-3-31(42)35-23-5-4-6-24(20-23)36-32-27-19-22(34)7-9-28(27)37-33(39-32)38-29-10-8-26(21-30(29)43-2)40-13-11-25(12-14-40)41-15-17-44-18-16-41/h3-10,19-21,25H,1,11-18H2,2H3,(H,35,42)(H2,36,37,38,39). The Labute approximate surface area is 255 Å². The summed E-state index contributed by atoms with van der Waals surface area (Å²) in [4.78, 5) is 26.1. The van der Waals surface area contributed by atoms with E-state index in [1.165, 1.54) is 18.2 Å². The van der Waals surface area contributed by atoms with E-state index in [-0.39, 0.29) is 5.91 Å². The van der Waals surface area contributed by atoms with Gasteiger partial charge in [-0.25, -0.2) is 9.37 Å². The number of benzene rings is 3. The van der Waals surface area contributed by atoms with Crippen LogP contribution in [-0.2, 0) is 9.53 Å². The number of nitrogens with zero attached hydrogens (tertiary/aromatic N) is 4. The lowest BCUT2D eigenvalue weighted by Gasteiger charge is -2.40. The van der Waals surface area contributed by atoms with Crippen LogP contribution in [0.5, 0.6) is 5.75 Å². The van der Waals surface area contributed by atoms with Crippen molar-refractivity contribution in [3.63, 3.8) is 0 Å². The largest absolute Gasteiger partial charge is 0.494 e. The second kappa shape index (κ2) is 13.3. The summed E-state index contributed by atoms with van der Waals surface area (Å²) in [7, 11) is 1.64. The van der Waals surface area contributed by atoms with Crippen LogP contribution in [0.3, 0.4) is 0 Å². The van der Waals surface area contributed by atoms with E-state index in [2.05, 4.69) is 43.4 Å². The minimum absolute atomic E-state index is 0.319. The quantitative estimate of drug-likeness (QED) is 0.210. The Morgan fingerprint density at radius 3 is 2.57 bits per heavy atom. The van der Waals surface area contributed by atoms with E-state index in [4.69, 9.17) is 14.5 Å². The van der Waals surface area contributed by atoms with Crippen molar-refractivity contribution < 1.29 is 18.7 Å². The molecule has 0 aliphatic carbocycles. The smallest absolute Gasteiger partial charge is 0.247 e. The van der Waals surface area contributed by atoms with E-state index in [1.807, 2.05) is 18.2 Å². The molecule has 3 N–H and O–H groups in total.